The highest BCUT2D eigenvalue weighted by Gasteiger charge is 2.19. The van der Waals surface area contributed by atoms with Crippen LogP contribution in [0.1, 0.15) is 16.9 Å². The van der Waals surface area contributed by atoms with Gasteiger partial charge in [0.25, 0.3) is 5.91 Å². The van der Waals surface area contributed by atoms with E-state index in [4.69, 9.17) is 5.73 Å². The maximum atomic E-state index is 12.3. The number of benzene rings is 1. The van der Waals surface area contributed by atoms with Crippen LogP contribution in [0.15, 0.2) is 18.2 Å². The van der Waals surface area contributed by atoms with Crippen molar-refractivity contribution < 1.29 is 14.3 Å². The molecule has 0 radical (unpaired) electrons. The highest BCUT2D eigenvalue weighted by atomic mass is 16.5. The largest absolute Gasteiger partial charge is 0.469 e. The fourth-order valence-electron chi connectivity index (χ4n) is 1.84. The van der Waals surface area contributed by atoms with Crippen LogP contribution < -0.4 is 5.73 Å². The fraction of sp³-hybridized carbons (Fsp3) is 0.308. The third kappa shape index (κ3) is 2.71. The summed E-state index contributed by atoms with van der Waals surface area (Å²) in [6, 6.07) is 5.19. The second-order valence-corrected chi connectivity index (χ2v) is 4.43. The number of methoxy groups -OCH3 is 1. The van der Waals surface area contributed by atoms with Gasteiger partial charge in [-0.25, -0.2) is 0 Å². The van der Waals surface area contributed by atoms with Crippen molar-refractivity contribution >= 4 is 28.5 Å². The van der Waals surface area contributed by atoms with Crippen molar-refractivity contribution in [3.63, 3.8) is 0 Å². The quantitative estimate of drug-likeness (QED) is 0.634. The Bertz CT molecular complexity index is 650. The predicted molar refractivity (Wildman–Crippen MR) is 74.1 cm³/mol. The molecule has 0 saturated heterocycles. The first kappa shape index (κ1) is 13.9. The number of amides is 1. The van der Waals surface area contributed by atoms with Gasteiger partial charge in [0.05, 0.1) is 19.0 Å². The van der Waals surface area contributed by atoms with Gasteiger partial charge in [-0.3, -0.25) is 14.7 Å². The maximum absolute atomic E-state index is 12.3. The molecule has 106 valence electrons. The van der Waals surface area contributed by atoms with Gasteiger partial charge in [-0.1, -0.05) is 0 Å². The summed E-state index contributed by atoms with van der Waals surface area (Å²) in [4.78, 5) is 24.8. The second kappa shape index (κ2) is 5.60. The number of nitrogens with one attached hydrogen (secondary N) is 1. The van der Waals surface area contributed by atoms with Crippen LogP contribution in [0.25, 0.3) is 10.9 Å². The molecule has 0 unspecified atom stereocenters. The van der Waals surface area contributed by atoms with Gasteiger partial charge in [0.2, 0.25) is 0 Å². The molecule has 20 heavy (non-hydrogen) atoms. The topological polar surface area (TPSA) is 101 Å². The van der Waals surface area contributed by atoms with Gasteiger partial charge in [-0.05, 0) is 18.2 Å². The number of anilines is 1. The van der Waals surface area contributed by atoms with Crippen molar-refractivity contribution in [2.45, 2.75) is 6.42 Å². The Kier molecular flexibility index (Phi) is 3.88. The van der Waals surface area contributed by atoms with Crippen LogP contribution in [0.2, 0.25) is 0 Å². The van der Waals surface area contributed by atoms with Crippen molar-refractivity contribution in [2.75, 3.05) is 26.4 Å². The molecule has 0 spiro atoms. The summed E-state index contributed by atoms with van der Waals surface area (Å²) in [7, 11) is 2.92. The number of rotatable bonds is 4. The molecule has 0 fully saturated rings. The number of esters is 1. The second-order valence-electron chi connectivity index (χ2n) is 4.43. The summed E-state index contributed by atoms with van der Waals surface area (Å²) in [6.07, 6.45) is 0.142. The summed E-state index contributed by atoms with van der Waals surface area (Å²) in [6.45, 7) is 0.266. The van der Waals surface area contributed by atoms with Gasteiger partial charge in [0.15, 0.2) is 5.69 Å². The monoisotopic (exact) mass is 276 g/mol. The van der Waals surface area contributed by atoms with Gasteiger partial charge in [0.1, 0.15) is 0 Å². The van der Waals surface area contributed by atoms with Crippen LogP contribution in [-0.4, -0.2) is 47.7 Å². The highest BCUT2D eigenvalue weighted by molar-refractivity contribution is 6.05. The molecule has 0 atom stereocenters. The van der Waals surface area contributed by atoms with Gasteiger partial charge >= 0.3 is 5.97 Å². The van der Waals surface area contributed by atoms with Crippen molar-refractivity contribution in [3.8, 4) is 0 Å². The lowest BCUT2D eigenvalue weighted by molar-refractivity contribution is -0.140. The van der Waals surface area contributed by atoms with E-state index in [1.165, 1.54) is 12.0 Å². The first-order chi connectivity index (χ1) is 9.52. The van der Waals surface area contributed by atoms with E-state index in [9.17, 15) is 9.59 Å². The lowest BCUT2D eigenvalue weighted by Gasteiger charge is -2.15. The number of aromatic amines is 1. The van der Waals surface area contributed by atoms with Crippen molar-refractivity contribution in [3.05, 3.63) is 23.9 Å². The van der Waals surface area contributed by atoms with E-state index >= 15 is 0 Å². The number of hydrogen-bond donors (Lipinski definition) is 2. The standard InChI is InChI=1S/C13H16N4O3/c1-17(6-5-11(18)20-2)13(19)12-9-7-8(14)3-4-10(9)15-16-12/h3-4,7H,5-6,14H2,1-2H3,(H,15,16). The van der Waals surface area contributed by atoms with Gasteiger partial charge in [0, 0.05) is 24.7 Å². The number of nitrogens with zero attached hydrogens (tertiary/aromatic N) is 2. The number of carbonyl (C=O) groups excluding carboxylic acids is 2. The lowest BCUT2D eigenvalue weighted by Crippen LogP contribution is -2.29. The van der Waals surface area contributed by atoms with Crippen molar-refractivity contribution in [1.29, 1.82) is 0 Å². The molecule has 1 aromatic heterocycles. The third-order valence-corrected chi connectivity index (χ3v) is 3.02. The normalized spacial score (nSPS) is 10.5. The molecule has 0 aliphatic rings. The van der Waals surface area contributed by atoms with E-state index in [0.29, 0.717) is 16.8 Å². The van der Waals surface area contributed by atoms with E-state index in [-0.39, 0.29) is 24.8 Å². The molecule has 1 amide bonds. The SMILES string of the molecule is COC(=O)CCN(C)C(=O)c1n[nH]c2ccc(N)cc12. The zero-order chi connectivity index (χ0) is 14.7. The van der Waals surface area contributed by atoms with E-state index < -0.39 is 0 Å². The molecule has 7 heteroatoms. The van der Waals surface area contributed by atoms with Crippen molar-refractivity contribution in [2.24, 2.45) is 0 Å². The molecule has 2 rings (SSSR count). The Morgan fingerprint density at radius 1 is 1.45 bits per heavy atom. The minimum absolute atomic E-state index is 0.142. The van der Waals surface area contributed by atoms with Crippen LogP contribution in [0, 0.1) is 0 Å². The number of fused-ring (bicyclic) bond motifs is 1. The highest BCUT2D eigenvalue weighted by Crippen LogP contribution is 2.19. The van der Waals surface area contributed by atoms with E-state index in [0.717, 1.165) is 5.52 Å². The van der Waals surface area contributed by atoms with Gasteiger partial charge in [-0.2, -0.15) is 5.10 Å². The minimum Gasteiger partial charge on any atom is -0.469 e. The molecule has 1 aromatic carbocycles. The van der Waals surface area contributed by atoms with Crippen molar-refractivity contribution in [1.82, 2.24) is 15.1 Å². The van der Waals surface area contributed by atoms with Crippen LogP contribution in [-0.2, 0) is 9.53 Å². The summed E-state index contributed by atoms with van der Waals surface area (Å²) in [5.74, 6) is -0.633. The number of H-pyrrole nitrogens is 1. The molecule has 3 N–H and O–H groups in total. The fourth-order valence-corrected chi connectivity index (χ4v) is 1.84. The molecule has 7 nitrogen and oxygen atoms in total. The average Bonchev–Trinajstić information content (AvgIpc) is 2.86. The predicted octanol–water partition coefficient (Wildman–Crippen LogP) is 0.780. The minimum atomic E-state index is -0.360. The molecule has 0 bridgehead atoms. The molecule has 0 aliphatic heterocycles. The molecule has 0 saturated carbocycles. The van der Waals surface area contributed by atoms with Crippen LogP contribution in [0.3, 0.4) is 0 Å². The Labute approximate surface area is 115 Å². The average molecular weight is 276 g/mol. The van der Waals surface area contributed by atoms with Gasteiger partial charge < -0.3 is 15.4 Å². The maximum Gasteiger partial charge on any atom is 0.307 e. The van der Waals surface area contributed by atoms with E-state index in [1.54, 1.807) is 25.2 Å². The number of nitrogens with two attached hydrogens (primary N) is 1. The van der Waals surface area contributed by atoms with E-state index in [2.05, 4.69) is 14.9 Å². The molecular weight excluding hydrogens is 260 g/mol. The number of hydrogen-bond acceptors (Lipinski definition) is 5. The number of nitrogen functional groups attached to an aromatic ring is 1. The Balaban J connectivity index is 2.18. The number of ether oxygens (including phenoxy) is 1. The lowest BCUT2D eigenvalue weighted by atomic mass is 10.2. The Hall–Kier alpha value is -2.57. The van der Waals surface area contributed by atoms with Crippen LogP contribution in [0.4, 0.5) is 5.69 Å². The summed E-state index contributed by atoms with van der Waals surface area (Å²) in [5.41, 5.74) is 7.31. The number of carbonyl (C=O) groups is 2. The first-order valence-electron chi connectivity index (χ1n) is 6.09. The summed E-state index contributed by atoms with van der Waals surface area (Å²) < 4.78 is 4.54. The molecule has 2 aromatic rings. The van der Waals surface area contributed by atoms with Crippen LogP contribution in [0.5, 0.6) is 0 Å². The first-order valence-corrected chi connectivity index (χ1v) is 6.09. The smallest absolute Gasteiger partial charge is 0.307 e. The zero-order valence-corrected chi connectivity index (χ0v) is 11.3. The van der Waals surface area contributed by atoms with Crippen LogP contribution >= 0.6 is 0 Å². The third-order valence-electron chi connectivity index (χ3n) is 3.02. The van der Waals surface area contributed by atoms with Gasteiger partial charge in [-0.15, -0.1) is 0 Å². The zero-order valence-electron chi connectivity index (χ0n) is 11.3. The summed E-state index contributed by atoms with van der Waals surface area (Å²) in [5, 5.41) is 7.47. The molecule has 0 aliphatic carbocycles. The molecular formula is C13H16N4O3. The Morgan fingerprint density at radius 2 is 2.20 bits per heavy atom. The Morgan fingerprint density at radius 3 is 2.90 bits per heavy atom. The van der Waals surface area contributed by atoms with E-state index in [1.807, 2.05) is 0 Å². The summed E-state index contributed by atoms with van der Waals surface area (Å²) >= 11 is 0. The molecule has 1 heterocycles. The number of aromatic nitrogens is 2.